The van der Waals surface area contributed by atoms with Crippen LogP contribution in [0, 0.1) is 5.92 Å². The van der Waals surface area contributed by atoms with Crippen molar-refractivity contribution in [3.8, 4) is 5.75 Å². The van der Waals surface area contributed by atoms with Crippen molar-refractivity contribution in [1.29, 1.82) is 0 Å². The number of para-hydroxylation sites is 1. The molecule has 0 aromatic heterocycles. The number of carbonyl (C=O) groups excluding carboxylic acids is 1. The molecule has 1 rings (SSSR count). The number of ether oxygens (including phenoxy) is 2. The lowest BCUT2D eigenvalue weighted by Crippen LogP contribution is -2.20. The van der Waals surface area contributed by atoms with E-state index in [0.29, 0.717) is 24.0 Å². The normalized spacial score (nSPS) is 13.5. The highest BCUT2D eigenvalue weighted by Crippen LogP contribution is 2.35. The molecule has 0 aliphatic carbocycles. The number of esters is 1. The quantitative estimate of drug-likeness (QED) is 0.585. The number of anilines is 1. The van der Waals surface area contributed by atoms with Crippen LogP contribution in [0.25, 0.3) is 0 Å². The fraction of sp³-hybridized carbons (Fsp3) is 0.588. The largest absolute Gasteiger partial charge is 0.495 e. The number of methoxy groups -OCH3 is 1. The smallest absolute Gasteiger partial charge is 0.313 e. The van der Waals surface area contributed by atoms with Crippen LogP contribution in [-0.4, -0.2) is 19.7 Å². The molecule has 1 aromatic carbocycles. The van der Waals surface area contributed by atoms with E-state index in [1.165, 1.54) is 0 Å². The number of nitrogen functional groups attached to an aromatic ring is 1. The van der Waals surface area contributed by atoms with Gasteiger partial charge in [-0.25, -0.2) is 0 Å². The first-order valence-electron chi connectivity index (χ1n) is 7.64. The van der Waals surface area contributed by atoms with E-state index in [4.69, 9.17) is 15.2 Å². The second-order valence-electron chi connectivity index (χ2n) is 5.40. The van der Waals surface area contributed by atoms with Gasteiger partial charge in [0.25, 0.3) is 0 Å². The summed E-state index contributed by atoms with van der Waals surface area (Å²) < 4.78 is 10.5. The highest BCUT2D eigenvalue weighted by Gasteiger charge is 2.27. The van der Waals surface area contributed by atoms with Gasteiger partial charge in [-0.05, 0) is 30.9 Å². The molecule has 2 unspecified atom stereocenters. The van der Waals surface area contributed by atoms with Crippen LogP contribution in [-0.2, 0) is 9.53 Å². The molecule has 118 valence electrons. The molecule has 0 saturated heterocycles. The summed E-state index contributed by atoms with van der Waals surface area (Å²) in [7, 11) is 1.58. The fourth-order valence-corrected chi connectivity index (χ4v) is 2.65. The van der Waals surface area contributed by atoms with Crippen LogP contribution in [0.1, 0.15) is 51.5 Å². The molecule has 0 spiro atoms. The zero-order valence-electron chi connectivity index (χ0n) is 13.5. The summed E-state index contributed by atoms with van der Waals surface area (Å²) >= 11 is 0. The van der Waals surface area contributed by atoms with Crippen LogP contribution >= 0.6 is 0 Å². The summed E-state index contributed by atoms with van der Waals surface area (Å²) in [4.78, 5) is 12.3. The summed E-state index contributed by atoms with van der Waals surface area (Å²) in [6.07, 6.45) is 2.92. The van der Waals surface area contributed by atoms with Gasteiger partial charge in [-0.3, -0.25) is 4.79 Å². The third-order valence-electron chi connectivity index (χ3n) is 3.69. The van der Waals surface area contributed by atoms with Gasteiger partial charge in [0.2, 0.25) is 0 Å². The number of hydrogen-bond donors (Lipinski definition) is 1. The Hall–Kier alpha value is -1.71. The minimum absolute atomic E-state index is 0.208. The molecule has 0 aliphatic rings. The zero-order valence-corrected chi connectivity index (χ0v) is 13.5. The lowest BCUT2D eigenvalue weighted by atomic mass is 9.86. The molecule has 0 heterocycles. The molecule has 0 bridgehead atoms. The van der Waals surface area contributed by atoms with Crippen molar-refractivity contribution in [2.24, 2.45) is 5.92 Å². The number of benzene rings is 1. The average Bonchev–Trinajstić information content (AvgIpc) is 2.46. The van der Waals surface area contributed by atoms with Gasteiger partial charge >= 0.3 is 5.97 Å². The highest BCUT2D eigenvalue weighted by atomic mass is 16.5. The minimum Gasteiger partial charge on any atom is -0.495 e. The molecule has 0 fully saturated rings. The van der Waals surface area contributed by atoms with E-state index in [9.17, 15) is 4.79 Å². The summed E-state index contributed by atoms with van der Waals surface area (Å²) in [6.45, 7) is 6.50. The van der Waals surface area contributed by atoms with E-state index in [2.05, 4.69) is 13.8 Å². The number of hydrogen-bond acceptors (Lipinski definition) is 4. The van der Waals surface area contributed by atoms with Crippen LogP contribution in [0.15, 0.2) is 18.2 Å². The molecule has 0 saturated carbocycles. The second kappa shape index (κ2) is 8.55. The highest BCUT2D eigenvalue weighted by molar-refractivity contribution is 5.81. The monoisotopic (exact) mass is 293 g/mol. The minimum atomic E-state index is -0.332. The molecule has 0 aliphatic heterocycles. The SMILES string of the molecule is CCCC(C)CC(C(=O)OCC)c1cccc(OC)c1N. The molecule has 0 amide bonds. The Labute approximate surface area is 127 Å². The fourth-order valence-electron chi connectivity index (χ4n) is 2.65. The second-order valence-corrected chi connectivity index (χ2v) is 5.40. The van der Waals surface area contributed by atoms with Crippen LogP contribution < -0.4 is 10.5 Å². The Bertz CT molecular complexity index is 459. The molecule has 1 aromatic rings. The molecule has 2 atom stereocenters. The Morgan fingerprint density at radius 1 is 1.33 bits per heavy atom. The molecular formula is C17H27NO3. The summed E-state index contributed by atoms with van der Waals surface area (Å²) in [5, 5.41) is 0. The van der Waals surface area contributed by atoms with Crippen molar-refractivity contribution < 1.29 is 14.3 Å². The van der Waals surface area contributed by atoms with E-state index in [0.717, 1.165) is 24.8 Å². The van der Waals surface area contributed by atoms with Gasteiger partial charge < -0.3 is 15.2 Å². The topological polar surface area (TPSA) is 61.5 Å². The van der Waals surface area contributed by atoms with Gasteiger partial charge in [0, 0.05) is 0 Å². The van der Waals surface area contributed by atoms with Gasteiger partial charge in [0.1, 0.15) is 5.75 Å². The predicted octanol–water partition coefficient (Wildman–Crippen LogP) is 3.75. The van der Waals surface area contributed by atoms with Crippen molar-refractivity contribution in [2.45, 2.75) is 46.0 Å². The summed E-state index contributed by atoms with van der Waals surface area (Å²) in [5.41, 5.74) is 7.48. The van der Waals surface area contributed by atoms with Gasteiger partial charge in [-0.15, -0.1) is 0 Å². The number of nitrogens with two attached hydrogens (primary N) is 1. The van der Waals surface area contributed by atoms with Crippen molar-refractivity contribution in [1.82, 2.24) is 0 Å². The van der Waals surface area contributed by atoms with Crippen LogP contribution in [0.4, 0.5) is 5.69 Å². The van der Waals surface area contributed by atoms with E-state index < -0.39 is 0 Å². The average molecular weight is 293 g/mol. The third kappa shape index (κ3) is 4.66. The van der Waals surface area contributed by atoms with Crippen molar-refractivity contribution in [3.63, 3.8) is 0 Å². The number of rotatable bonds is 8. The lowest BCUT2D eigenvalue weighted by molar-refractivity contribution is -0.145. The maximum Gasteiger partial charge on any atom is 0.313 e. The molecular weight excluding hydrogens is 266 g/mol. The number of carbonyl (C=O) groups is 1. The summed E-state index contributed by atoms with van der Waals surface area (Å²) in [6, 6.07) is 5.55. The Kier molecular flexibility index (Phi) is 7.06. The first-order valence-corrected chi connectivity index (χ1v) is 7.64. The predicted molar refractivity (Wildman–Crippen MR) is 85.5 cm³/mol. The van der Waals surface area contributed by atoms with Gasteiger partial charge in [0.15, 0.2) is 0 Å². The first-order chi connectivity index (χ1) is 10.0. The molecule has 21 heavy (non-hydrogen) atoms. The van der Waals surface area contributed by atoms with E-state index in [-0.39, 0.29) is 11.9 Å². The standard InChI is InChI=1S/C17H27NO3/c1-5-8-12(3)11-14(17(19)21-6-2)13-9-7-10-15(20-4)16(13)18/h7,9-10,12,14H,5-6,8,11,18H2,1-4H3. The zero-order chi connectivity index (χ0) is 15.8. The first kappa shape index (κ1) is 17.3. The maximum absolute atomic E-state index is 12.3. The van der Waals surface area contributed by atoms with Crippen LogP contribution in [0.3, 0.4) is 0 Å². The molecule has 2 N–H and O–H groups in total. The molecule has 0 radical (unpaired) electrons. The van der Waals surface area contributed by atoms with Gasteiger partial charge in [-0.1, -0.05) is 38.8 Å². The Morgan fingerprint density at radius 3 is 2.62 bits per heavy atom. The lowest BCUT2D eigenvalue weighted by Gasteiger charge is -2.22. The van der Waals surface area contributed by atoms with Gasteiger partial charge in [-0.2, -0.15) is 0 Å². The maximum atomic E-state index is 12.3. The summed E-state index contributed by atoms with van der Waals surface area (Å²) in [5.74, 6) is 0.502. The van der Waals surface area contributed by atoms with Crippen LogP contribution in [0.2, 0.25) is 0 Å². The van der Waals surface area contributed by atoms with Crippen LogP contribution in [0.5, 0.6) is 5.75 Å². The van der Waals surface area contributed by atoms with E-state index in [1.807, 2.05) is 19.1 Å². The molecule has 4 nitrogen and oxygen atoms in total. The third-order valence-corrected chi connectivity index (χ3v) is 3.69. The Morgan fingerprint density at radius 2 is 2.05 bits per heavy atom. The van der Waals surface area contributed by atoms with E-state index >= 15 is 0 Å². The Balaban J connectivity index is 3.08. The van der Waals surface area contributed by atoms with E-state index in [1.54, 1.807) is 13.2 Å². The van der Waals surface area contributed by atoms with Crippen molar-refractivity contribution >= 4 is 11.7 Å². The van der Waals surface area contributed by atoms with Gasteiger partial charge in [0.05, 0.1) is 25.3 Å². The van der Waals surface area contributed by atoms with Crippen molar-refractivity contribution in [2.75, 3.05) is 19.5 Å². The molecule has 4 heteroatoms. The van der Waals surface area contributed by atoms with Crippen molar-refractivity contribution in [3.05, 3.63) is 23.8 Å².